The molecule has 1 atom stereocenters. The third kappa shape index (κ3) is 4.43. The lowest BCUT2D eigenvalue weighted by atomic mass is 10.1. The molecule has 2 amide bonds. The molecule has 108 valence electrons. The van der Waals surface area contributed by atoms with Crippen molar-refractivity contribution in [3.8, 4) is 0 Å². The summed E-state index contributed by atoms with van der Waals surface area (Å²) in [5.41, 5.74) is 5.09. The highest BCUT2D eigenvalue weighted by molar-refractivity contribution is 7.98. The van der Waals surface area contributed by atoms with Gasteiger partial charge in [0.05, 0.1) is 17.0 Å². The molecule has 6 nitrogen and oxygen atoms in total. The third-order valence-electron chi connectivity index (χ3n) is 2.43. The Balaban J connectivity index is 2.94. The topological polar surface area (TPSA) is 109 Å². The van der Waals surface area contributed by atoms with Gasteiger partial charge in [-0.1, -0.05) is 11.6 Å². The molecule has 0 aliphatic rings. The standard InChI is InChI=1S/C12H13ClN2O4S/c1-20-6-2-3-8(13)7(4-6)11(17)15-9(12(18)19)5-10(14)16/h2-4,9H,5H2,1H3,(H2,14,16)(H,15,17)(H,18,19)/t9-/m1/s1. The minimum absolute atomic E-state index is 0.147. The van der Waals surface area contributed by atoms with E-state index in [1.807, 2.05) is 6.26 Å². The summed E-state index contributed by atoms with van der Waals surface area (Å²) >= 11 is 7.32. The van der Waals surface area contributed by atoms with E-state index in [0.29, 0.717) is 0 Å². The number of carbonyl (C=O) groups is 3. The number of halogens is 1. The predicted molar refractivity (Wildman–Crippen MR) is 75.9 cm³/mol. The monoisotopic (exact) mass is 316 g/mol. The van der Waals surface area contributed by atoms with Crippen molar-refractivity contribution in [3.05, 3.63) is 28.8 Å². The van der Waals surface area contributed by atoms with Crippen LogP contribution in [0.3, 0.4) is 0 Å². The molecule has 0 unspecified atom stereocenters. The maximum Gasteiger partial charge on any atom is 0.326 e. The highest BCUT2D eigenvalue weighted by Gasteiger charge is 2.23. The lowest BCUT2D eigenvalue weighted by Gasteiger charge is -2.14. The molecule has 8 heteroatoms. The maximum absolute atomic E-state index is 12.0. The van der Waals surface area contributed by atoms with Crippen LogP contribution >= 0.6 is 23.4 Å². The SMILES string of the molecule is CSc1ccc(Cl)c(C(=O)N[C@H](CC(N)=O)C(=O)O)c1. The number of aliphatic carboxylic acids is 1. The first-order valence-electron chi connectivity index (χ1n) is 5.50. The molecular weight excluding hydrogens is 304 g/mol. The molecule has 0 bridgehead atoms. The van der Waals surface area contributed by atoms with Crippen molar-refractivity contribution in [2.45, 2.75) is 17.4 Å². The molecule has 0 aromatic heterocycles. The number of benzene rings is 1. The van der Waals surface area contributed by atoms with Gasteiger partial charge in [0.2, 0.25) is 5.91 Å². The molecule has 0 saturated carbocycles. The van der Waals surface area contributed by atoms with Crippen molar-refractivity contribution in [1.82, 2.24) is 5.32 Å². The minimum atomic E-state index is -1.38. The van der Waals surface area contributed by atoms with Gasteiger partial charge in [-0.2, -0.15) is 0 Å². The zero-order valence-corrected chi connectivity index (χ0v) is 12.1. The van der Waals surface area contributed by atoms with E-state index < -0.39 is 30.2 Å². The summed E-state index contributed by atoms with van der Waals surface area (Å²) < 4.78 is 0. The fourth-order valence-corrected chi connectivity index (χ4v) is 2.09. The van der Waals surface area contributed by atoms with E-state index in [9.17, 15) is 14.4 Å². The van der Waals surface area contributed by atoms with Crippen molar-refractivity contribution >= 4 is 41.1 Å². The van der Waals surface area contributed by atoms with Crippen LogP contribution in [0.25, 0.3) is 0 Å². The van der Waals surface area contributed by atoms with Crippen LogP contribution in [0.5, 0.6) is 0 Å². The molecule has 0 heterocycles. The van der Waals surface area contributed by atoms with Crippen molar-refractivity contribution in [1.29, 1.82) is 0 Å². The lowest BCUT2D eigenvalue weighted by molar-refractivity contribution is -0.140. The van der Waals surface area contributed by atoms with Gasteiger partial charge < -0.3 is 16.2 Å². The number of nitrogens with two attached hydrogens (primary N) is 1. The second kappa shape index (κ2) is 7.16. The molecular formula is C12H13ClN2O4S. The first kappa shape index (κ1) is 16.3. The van der Waals surface area contributed by atoms with Crippen LogP contribution in [0.2, 0.25) is 5.02 Å². The van der Waals surface area contributed by atoms with Gasteiger partial charge in [-0.3, -0.25) is 9.59 Å². The van der Waals surface area contributed by atoms with E-state index in [0.717, 1.165) is 4.90 Å². The fourth-order valence-electron chi connectivity index (χ4n) is 1.44. The molecule has 1 rings (SSSR count). The third-order valence-corrected chi connectivity index (χ3v) is 3.48. The molecule has 0 radical (unpaired) electrons. The Kier molecular flexibility index (Phi) is 5.84. The van der Waals surface area contributed by atoms with Crippen LogP contribution < -0.4 is 11.1 Å². The molecule has 0 saturated heterocycles. The van der Waals surface area contributed by atoms with Gasteiger partial charge >= 0.3 is 5.97 Å². The quantitative estimate of drug-likeness (QED) is 0.681. The Bertz CT molecular complexity index is 550. The summed E-state index contributed by atoms with van der Waals surface area (Å²) in [6.45, 7) is 0. The van der Waals surface area contributed by atoms with Crippen LogP contribution in [-0.4, -0.2) is 35.2 Å². The fraction of sp³-hybridized carbons (Fsp3) is 0.250. The number of hydrogen-bond acceptors (Lipinski definition) is 4. The largest absolute Gasteiger partial charge is 0.480 e. The predicted octanol–water partition coefficient (Wildman–Crippen LogP) is 1.12. The highest BCUT2D eigenvalue weighted by atomic mass is 35.5. The van der Waals surface area contributed by atoms with Gasteiger partial charge in [-0.15, -0.1) is 11.8 Å². The van der Waals surface area contributed by atoms with Crippen LogP contribution in [0.15, 0.2) is 23.1 Å². The number of carbonyl (C=O) groups excluding carboxylic acids is 2. The van der Waals surface area contributed by atoms with E-state index in [1.54, 1.807) is 18.2 Å². The number of carboxylic acids is 1. The summed E-state index contributed by atoms with van der Waals surface area (Å²) in [7, 11) is 0. The van der Waals surface area contributed by atoms with E-state index in [4.69, 9.17) is 22.4 Å². The van der Waals surface area contributed by atoms with Crippen molar-refractivity contribution in [2.75, 3.05) is 6.26 Å². The molecule has 1 aromatic carbocycles. The van der Waals surface area contributed by atoms with E-state index in [1.165, 1.54) is 11.8 Å². The molecule has 0 aliphatic carbocycles. The second-order valence-corrected chi connectivity index (χ2v) is 5.17. The number of primary amides is 1. The van der Waals surface area contributed by atoms with Gasteiger partial charge in [-0.25, -0.2) is 4.79 Å². The van der Waals surface area contributed by atoms with Crippen LogP contribution in [-0.2, 0) is 9.59 Å². The highest BCUT2D eigenvalue weighted by Crippen LogP contribution is 2.23. The van der Waals surface area contributed by atoms with Crippen molar-refractivity contribution < 1.29 is 19.5 Å². The van der Waals surface area contributed by atoms with Gasteiger partial charge in [-0.05, 0) is 24.5 Å². The average Bonchev–Trinajstić information content (AvgIpc) is 2.37. The van der Waals surface area contributed by atoms with Crippen molar-refractivity contribution in [2.24, 2.45) is 5.73 Å². The van der Waals surface area contributed by atoms with Crippen molar-refractivity contribution in [3.63, 3.8) is 0 Å². The van der Waals surface area contributed by atoms with Crippen LogP contribution in [0, 0.1) is 0 Å². The van der Waals surface area contributed by atoms with Gasteiger partial charge in [0.1, 0.15) is 6.04 Å². The lowest BCUT2D eigenvalue weighted by Crippen LogP contribution is -2.43. The molecule has 4 N–H and O–H groups in total. The number of rotatable bonds is 6. The Hall–Kier alpha value is -1.73. The zero-order chi connectivity index (χ0) is 15.3. The first-order chi connectivity index (χ1) is 9.35. The number of hydrogen-bond donors (Lipinski definition) is 3. The van der Waals surface area contributed by atoms with E-state index in [-0.39, 0.29) is 10.6 Å². The average molecular weight is 317 g/mol. The number of amides is 2. The Morgan fingerprint density at radius 2 is 2.10 bits per heavy atom. The van der Waals surface area contributed by atoms with Crippen LogP contribution in [0.1, 0.15) is 16.8 Å². The summed E-state index contributed by atoms with van der Waals surface area (Å²) in [6, 6.07) is 3.45. The number of thioether (sulfide) groups is 1. The van der Waals surface area contributed by atoms with Gasteiger partial charge in [0.25, 0.3) is 5.91 Å². The Morgan fingerprint density at radius 3 is 2.60 bits per heavy atom. The summed E-state index contributed by atoms with van der Waals surface area (Å²) in [5.74, 6) is -2.82. The van der Waals surface area contributed by atoms with Gasteiger partial charge in [0, 0.05) is 4.90 Å². The van der Waals surface area contributed by atoms with Crippen LogP contribution in [0.4, 0.5) is 0 Å². The molecule has 0 spiro atoms. The second-order valence-electron chi connectivity index (χ2n) is 3.88. The van der Waals surface area contributed by atoms with Gasteiger partial charge in [0.15, 0.2) is 0 Å². The molecule has 0 fully saturated rings. The minimum Gasteiger partial charge on any atom is -0.480 e. The normalized spacial score (nSPS) is 11.7. The Labute approximate surface area is 124 Å². The summed E-state index contributed by atoms with van der Waals surface area (Å²) in [5, 5.41) is 11.3. The summed E-state index contributed by atoms with van der Waals surface area (Å²) in [6.07, 6.45) is 1.35. The molecule has 20 heavy (non-hydrogen) atoms. The van der Waals surface area contributed by atoms with E-state index in [2.05, 4.69) is 5.32 Å². The molecule has 1 aromatic rings. The van der Waals surface area contributed by atoms with E-state index >= 15 is 0 Å². The first-order valence-corrected chi connectivity index (χ1v) is 7.11. The molecule has 0 aliphatic heterocycles. The Morgan fingerprint density at radius 1 is 1.45 bits per heavy atom. The number of nitrogens with one attached hydrogen (secondary N) is 1. The summed E-state index contributed by atoms with van der Waals surface area (Å²) in [4.78, 5) is 34.5. The maximum atomic E-state index is 12.0. The smallest absolute Gasteiger partial charge is 0.326 e. The zero-order valence-electron chi connectivity index (χ0n) is 10.6. The number of carboxylic acid groups (broad SMARTS) is 1.